The lowest BCUT2D eigenvalue weighted by Crippen LogP contribution is -1.99. The molecule has 0 fully saturated rings. The van der Waals surface area contributed by atoms with Crippen LogP contribution in [0.15, 0.2) is 36.4 Å². The average molecular weight is 306 g/mol. The Kier molecular flexibility index (Phi) is 9.00. The van der Waals surface area contributed by atoms with E-state index in [1.54, 1.807) is 24.3 Å². The minimum Gasteiger partial charge on any atom is -0.494 e. The third-order valence-corrected chi connectivity index (χ3v) is 3.41. The highest BCUT2D eigenvalue weighted by Gasteiger charge is 2.04. The summed E-state index contributed by atoms with van der Waals surface area (Å²) >= 11 is 0. The highest BCUT2D eigenvalue weighted by atomic mass is 16.5. The van der Waals surface area contributed by atoms with E-state index in [4.69, 9.17) is 9.84 Å². The highest BCUT2D eigenvalue weighted by Crippen LogP contribution is 2.19. The van der Waals surface area contributed by atoms with Gasteiger partial charge >= 0.3 is 5.97 Å². The molecule has 4 heteroatoms. The second-order valence-corrected chi connectivity index (χ2v) is 5.33. The Morgan fingerprint density at radius 2 is 1.77 bits per heavy atom. The Morgan fingerprint density at radius 1 is 1.14 bits per heavy atom. The van der Waals surface area contributed by atoms with Crippen LogP contribution in [0.4, 0.5) is 0 Å². The number of aliphatic hydroxyl groups is 1. The van der Waals surface area contributed by atoms with Gasteiger partial charge in [-0.2, -0.15) is 0 Å². The smallest absolute Gasteiger partial charge is 0.328 e. The standard InChI is InChI=1S/C18H26O4/c1-2-3-4-5-6-7-14-22-16-10-8-15(9-11-16)17(19)12-13-18(20)21/h8-13,17,19H,2-7,14H2,1H3,(H,20,21)/b13-12+. The first-order valence-corrected chi connectivity index (χ1v) is 7.95. The summed E-state index contributed by atoms with van der Waals surface area (Å²) in [6.07, 6.45) is 8.64. The van der Waals surface area contributed by atoms with E-state index in [2.05, 4.69) is 6.92 Å². The second kappa shape index (κ2) is 10.9. The van der Waals surface area contributed by atoms with Crippen molar-refractivity contribution >= 4 is 5.97 Å². The van der Waals surface area contributed by atoms with Crippen LogP contribution >= 0.6 is 0 Å². The molecule has 0 bridgehead atoms. The fourth-order valence-corrected chi connectivity index (χ4v) is 2.12. The number of carbonyl (C=O) groups is 1. The van der Waals surface area contributed by atoms with Crippen LogP contribution in [0, 0.1) is 0 Å². The van der Waals surface area contributed by atoms with Crippen molar-refractivity contribution in [2.75, 3.05) is 6.61 Å². The van der Waals surface area contributed by atoms with Crippen LogP contribution in [0.25, 0.3) is 0 Å². The van der Waals surface area contributed by atoms with Gasteiger partial charge in [0, 0.05) is 6.08 Å². The summed E-state index contributed by atoms with van der Waals surface area (Å²) in [5.74, 6) is -0.301. The van der Waals surface area contributed by atoms with Gasteiger partial charge in [0.25, 0.3) is 0 Å². The molecule has 22 heavy (non-hydrogen) atoms. The molecule has 1 aromatic carbocycles. The quantitative estimate of drug-likeness (QED) is 0.477. The minimum atomic E-state index is -1.07. The first kappa shape index (κ1) is 18.2. The number of hydrogen-bond acceptors (Lipinski definition) is 3. The van der Waals surface area contributed by atoms with Crippen LogP contribution in [0.3, 0.4) is 0 Å². The Morgan fingerprint density at radius 3 is 2.41 bits per heavy atom. The van der Waals surface area contributed by atoms with Crippen LogP contribution < -0.4 is 4.74 Å². The molecule has 122 valence electrons. The first-order valence-electron chi connectivity index (χ1n) is 7.95. The molecule has 0 spiro atoms. The van der Waals surface area contributed by atoms with Crippen LogP contribution in [-0.2, 0) is 4.79 Å². The highest BCUT2D eigenvalue weighted by molar-refractivity contribution is 5.79. The molecule has 2 N–H and O–H groups in total. The maximum atomic E-state index is 10.4. The molecule has 1 atom stereocenters. The zero-order chi connectivity index (χ0) is 16.2. The maximum absolute atomic E-state index is 10.4. The predicted molar refractivity (Wildman–Crippen MR) is 87.0 cm³/mol. The van der Waals surface area contributed by atoms with E-state index in [1.165, 1.54) is 38.2 Å². The van der Waals surface area contributed by atoms with Crippen molar-refractivity contribution in [3.05, 3.63) is 42.0 Å². The van der Waals surface area contributed by atoms with Gasteiger partial charge in [-0.1, -0.05) is 51.2 Å². The summed E-state index contributed by atoms with van der Waals surface area (Å²) in [7, 11) is 0. The number of ether oxygens (including phenoxy) is 1. The molecule has 0 aromatic heterocycles. The molecule has 1 rings (SSSR count). The molecule has 1 unspecified atom stereocenters. The topological polar surface area (TPSA) is 66.8 Å². The van der Waals surface area contributed by atoms with Crippen molar-refractivity contribution in [3.63, 3.8) is 0 Å². The SMILES string of the molecule is CCCCCCCCOc1ccc(C(O)/C=C/C(=O)O)cc1. The Bertz CT molecular complexity index is 451. The molecule has 0 radical (unpaired) electrons. The maximum Gasteiger partial charge on any atom is 0.328 e. The molecule has 0 heterocycles. The minimum absolute atomic E-state index is 0.643. The van der Waals surface area contributed by atoms with Crippen molar-refractivity contribution in [2.24, 2.45) is 0 Å². The van der Waals surface area contributed by atoms with Crippen molar-refractivity contribution in [3.8, 4) is 5.75 Å². The number of aliphatic carboxylic acids is 1. The van der Waals surface area contributed by atoms with Gasteiger partial charge < -0.3 is 14.9 Å². The van der Waals surface area contributed by atoms with Crippen LogP contribution in [0.1, 0.15) is 57.1 Å². The average Bonchev–Trinajstić information content (AvgIpc) is 2.52. The Hall–Kier alpha value is -1.81. The number of carboxylic acids is 1. The van der Waals surface area contributed by atoms with Gasteiger partial charge in [-0.25, -0.2) is 4.79 Å². The van der Waals surface area contributed by atoms with Crippen LogP contribution in [-0.4, -0.2) is 22.8 Å². The van der Waals surface area contributed by atoms with Gasteiger partial charge in [0.1, 0.15) is 5.75 Å². The zero-order valence-electron chi connectivity index (χ0n) is 13.2. The summed E-state index contributed by atoms with van der Waals surface area (Å²) in [5, 5.41) is 18.3. The van der Waals surface area contributed by atoms with Gasteiger partial charge in [-0.3, -0.25) is 0 Å². The Balaban J connectivity index is 2.28. The molecule has 0 aliphatic rings. The summed E-state index contributed by atoms with van der Waals surface area (Å²) in [5.41, 5.74) is 0.643. The van der Waals surface area contributed by atoms with Gasteiger partial charge in [-0.05, 0) is 30.2 Å². The van der Waals surface area contributed by atoms with E-state index in [0.717, 1.165) is 18.2 Å². The van der Waals surface area contributed by atoms with Gasteiger partial charge in [0.2, 0.25) is 0 Å². The monoisotopic (exact) mass is 306 g/mol. The molecule has 0 saturated carbocycles. The fourth-order valence-electron chi connectivity index (χ4n) is 2.12. The van der Waals surface area contributed by atoms with E-state index in [0.29, 0.717) is 12.2 Å². The molecule has 0 amide bonds. The number of unbranched alkanes of at least 4 members (excludes halogenated alkanes) is 5. The lowest BCUT2D eigenvalue weighted by atomic mass is 10.1. The molecule has 1 aromatic rings. The number of hydrogen-bond donors (Lipinski definition) is 2. The summed E-state index contributed by atoms with van der Waals surface area (Å²) in [6.45, 7) is 2.91. The van der Waals surface area contributed by atoms with E-state index >= 15 is 0 Å². The van der Waals surface area contributed by atoms with E-state index < -0.39 is 12.1 Å². The first-order chi connectivity index (χ1) is 10.6. The lowest BCUT2D eigenvalue weighted by molar-refractivity contribution is -0.131. The number of rotatable bonds is 11. The third-order valence-electron chi connectivity index (χ3n) is 3.41. The molecular formula is C18H26O4. The number of benzene rings is 1. The largest absolute Gasteiger partial charge is 0.494 e. The van der Waals surface area contributed by atoms with Crippen molar-refractivity contribution in [2.45, 2.75) is 51.6 Å². The van der Waals surface area contributed by atoms with Crippen molar-refractivity contribution in [1.82, 2.24) is 0 Å². The van der Waals surface area contributed by atoms with Crippen LogP contribution in [0.2, 0.25) is 0 Å². The second-order valence-electron chi connectivity index (χ2n) is 5.33. The van der Waals surface area contributed by atoms with Gasteiger partial charge in [0.05, 0.1) is 12.7 Å². The molecule has 0 aliphatic heterocycles. The van der Waals surface area contributed by atoms with E-state index in [-0.39, 0.29) is 0 Å². The van der Waals surface area contributed by atoms with E-state index in [1.807, 2.05) is 0 Å². The summed E-state index contributed by atoms with van der Waals surface area (Å²) in [6, 6.07) is 7.08. The molecular weight excluding hydrogens is 280 g/mol. The summed E-state index contributed by atoms with van der Waals surface area (Å²) < 4.78 is 5.65. The lowest BCUT2D eigenvalue weighted by Gasteiger charge is -2.09. The molecule has 0 saturated heterocycles. The van der Waals surface area contributed by atoms with Crippen LogP contribution in [0.5, 0.6) is 5.75 Å². The van der Waals surface area contributed by atoms with Gasteiger partial charge in [0.15, 0.2) is 0 Å². The summed E-state index contributed by atoms with van der Waals surface area (Å²) in [4.78, 5) is 10.4. The van der Waals surface area contributed by atoms with Gasteiger partial charge in [-0.15, -0.1) is 0 Å². The normalized spacial score (nSPS) is 12.5. The zero-order valence-corrected chi connectivity index (χ0v) is 13.2. The predicted octanol–water partition coefficient (Wildman–Crippen LogP) is 4.10. The molecule has 0 aliphatic carbocycles. The number of aliphatic hydroxyl groups excluding tert-OH is 1. The third kappa shape index (κ3) is 7.84. The van der Waals surface area contributed by atoms with Crippen molar-refractivity contribution in [1.29, 1.82) is 0 Å². The fraction of sp³-hybridized carbons (Fsp3) is 0.500. The molecule has 4 nitrogen and oxygen atoms in total. The van der Waals surface area contributed by atoms with E-state index in [9.17, 15) is 9.90 Å². The number of carboxylic acid groups (broad SMARTS) is 1. The van der Waals surface area contributed by atoms with Crippen molar-refractivity contribution < 1.29 is 19.7 Å². The Labute approximate surface area is 132 Å².